The minimum absolute atomic E-state index is 0.00487. The first kappa shape index (κ1) is 22.9. The Balaban J connectivity index is 2.36. The van der Waals surface area contributed by atoms with Gasteiger partial charge in [-0.25, -0.2) is 9.59 Å². The van der Waals surface area contributed by atoms with Crippen LogP contribution in [-0.2, 0) is 43.5 Å². The van der Waals surface area contributed by atoms with Gasteiger partial charge in [0.05, 0.1) is 20.3 Å². The summed E-state index contributed by atoms with van der Waals surface area (Å²) in [6.45, 7) is 4.39. The van der Waals surface area contributed by atoms with Gasteiger partial charge in [0.1, 0.15) is 28.9 Å². The molecular formula is C22H24N2O8. The smallest absolute Gasteiger partial charge is 0.340 e. The summed E-state index contributed by atoms with van der Waals surface area (Å²) >= 11 is 0. The van der Waals surface area contributed by atoms with Crippen molar-refractivity contribution in [3.8, 4) is 0 Å². The number of rotatable bonds is 6. The molecule has 10 heteroatoms. The van der Waals surface area contributed by atoms with Gasteiger partial charge in [-0.05, 0) is 26.8 Å². The second-order valence-corrected chi connectivity index (χ2v) is 6.95. The number of allylic oxidation sites excluding steroid dienone is 1. The van der Waals surface area contributed by atoms with Gasteiger partial charge in [0, 0.05) is 11.3 Å². The molecule has 0 fully saturated rings. The van der Waals surface area contributed by atoms with E-state index in [1.807, 2.05) is 0 Å². The molecule has 2 heterocycles. The summed E-state index contributed by atoms with van der Waals surface area (Å²) in [5.41, 5.74) is 4.05. The summed E-state index contributed by atoms with van der Waals surface area (Å²) < 4.78 is 20.6. The molecule has 1 aromatic rings. The zero-order valence-corrected chi connectivity index (χ0v) is 18.2. The minimum Gasteiger partial charge on any atom is -0.465 e. The Morgan fingerprint density at radius 2 is 1.72 bits per heavy atom. The highest BCUT2D eigenvalue weighted by atomic mass is 16.5. The molecule has 3 rings (SSSR count). The van der Waals surface area contributed by atoms with E-state index in [9.17, 15) is 19.2 Å². The monoisotopic (exact) mass is 444 g/mol. The van der Waals surface area contributed by atoms with Crippen LogP contribution in [0.2, 0.25) is 0 Å². The van der Waals surface area contributed by atoms with Crippen molar-refractivity contribution in [1.29, 1.82) is 0 Å². The summed E-state index contributed by atoms with van der Waals surface area (Å²) in [4.78, 5) is 53.4. The number of benzene rings is 1. The Labute approximate surface area is 184 Å². The number of anilines is 1. The average molecular weight is 444 g/mol. The van der Waals surface area contributed by atoms with Crippen molar-refractivity contribution in [2.75, 3.05) is 31.8 Å². The lowest BCUT2D eigenvalue weighted by Crippen LogP contribution is -2.51. The first-order valence-electron chi connectivity index (χ1n) is 9.97. The highest BCUT2D eigenvalue weighted by Crippen LogP contribution is 2.54. The van der Waals surface area contributed by atoms with Crippen LogP contribution in [0, 0.1) is 0 Å². The number of fused-ring (bicyclic) bond motifs is 2. The third kappa shape index (κ3) is 3.28. The first-order valence-corrected chi connectivity index (χ1v) is 9.97. The molecular weight excluding hydrogens is 420 g/mol. The molecule has 0 aromatic heterocycles. The number of hydrogen-bond donors (Lipinski definition) is 1. The maximum Gasteiger partial charge on any atom is 0.340 e. The van der Waals surface area contributed by atoms with Gasteiger partial charge < -0.3 is 24.7 Å². The number of nitrogens with zero attached hydrogens (tertiary/aromatic N) is 1. The Morgan fingerprint density at radius 1 is 1.06 bits per heavy atom. The molecule has 2 aliphatic heterocycles. The zero-order valence-electron chi connectivity index (χ0n) is 18.2. The van der Waals surface area contributed by atoms with E-state index in [4.69, 9.17) is 24.7 Å². The molecule has 1 spiro atoms. The van der Waals surface area contributed by atoms with E-state index >= 15 is 0 Å². The summed E-state index contributed by atoms with van der Waals surface area (Å²) in [6, 6.07) is 6.47. The predicted octanol–water partition coefficient (Wildman–Crippen LogP) is 1.04. The lowest BCUT2D eigenvalue weighted by Gasteiger charge is -2.36. The van der Waals surface area contributed by atoms with Crippen molar-refractivity contribution in [1.82, 2.24) is 0 Å². The van der Waals surface area contributed by atoms with E-state index in [-0.39, 0.29) is 41.6 Å². The molecule has 2 N–H and O–H groups in total. The maximum absolute atomic E-state index is 14.0. The molecule has 1 aromatic carbocycles. The van der Waals surface area contributed by atoms with Gasteiger partial charge in [0.15, 0.2) is 0 Å². The predicted molar refractivity (Wildman–Crippen MR) is 111 cm³/mol. The average Bonchev–Trinajstić information content (AvgIpc) is 2.97. The van der Waals surface area contributed by atoms with Crippen LogP contribution < -0.4 is 10.6 Å². The number of ether oxygens (including phenoxy) is 4. The second kappa shape index (κ2) is 8.74. The van der Waals surface area contributed by atoms with Gasteiger partial charge in [0.2, 0.25) is 11.8 Å². The van der Waals surface area contributed by atoms with Crippen molar-refractivity contribution in [3.63, 3.8) is 0 Å². The van der Waals surface area contributed by atoms with Gasteiger partial charge in [0.25, 0.3) is 0 Å². The molecule has 0 radical (unpaired) electrons. The van der Waals surface area contributed by atoms with E-state index in [1.54, 1.807) is 38.1 Å². The Bertz CT molecular complexity index is 1060. The molecule has 32 heavy (non-hydrogen) atoms. The fraction of sp³-hybridized carbons (Fsp3) is 0.364. The van der Waals surface area contributed by atoms with E-state index in [0.29, 0.717) is 5.69 Å². The van der Waals surface area contributed by atoms with Crippen LogP contribution in [0.4, 0.5) is 5.69 Å². The number of methoxy groups -OCH3 is 1. The lowest BCUT2D eigenvalue weighted by molar-refractivity contribution is -0.143. The van der Waals surface area contributed by atoms with Crippen LogP contribution in [0.1, 0.15) is 26.3 Å². The SMILES string of the molecule is CCOC(=O)CN1C(=O)C2(C(C(=O)OCC)=C(C)OC(N)=C2C(=O)OC)c2ccccc21. The van der Waals surface area contributed by atoms with E-state index in [1.165, 1.54) is 6.92 Å². The van der Waals surface area contributed by atoms with Gasteiger partial charge in [-0.1, -0.05) is 18.2 Å². The number of carbonyl (C=O) groups excluding carboxylic acids is 4. The molecule has 1 atom stereocenters. The third-order valence-electron chi connectivity index (χ3n) is 5.24. The second-order valence-electron chi connectivity index (χ2n) is 6.95. The summed E-state index contributed by atoms with van der Waals surface area (Å²) in [7, 11) is 1.12. The molecule has 2 aliphatic rings. The molecule has 0 aliphatic carbocycles. The van der Waals surface area contributed by atoms with Crippen LogP contribution in [0.25, 0.3) is 0 Å². The first-order chi connectivity index (χ1) is 15.2. The highest BCUT2D eigenvalue weighted by Gasteiger charge is 2.64. The number of esters is 3. The fourth-order valence-electron chi connectivity index (χ4n) is 4.13. The zero-order chi connectivity index (χ0) is 23.6. The Hall–Kier alpha value is -3.82. The number of nitrogens with two attached hydrogens (primary N) is 1. The van der Waals surface area contributed by atoms with Crippen LogP contribution in [0.15, 0.2) is 47.1 Å². The standard InChI is InChI=1S/C22H24N2O8/c1-5-30-15(25)11-24-14-10-8-7-9-13(14)22(21(24)28)16(20(27)31-6-2)12(3)32-18(23)17(22)19(26)29-4/h7-10H,5-6,11,23H2,1-4H3. The van der Waals surface area contributed by atoms with Gasteiger partial charge in [-0.2, -0.15) is 0 Å². The fourth-order valence-corrected chi connectivity index (χ4v) is 4.13. The van der Waals surface area contributed by atoms with Gasteiger partial charge >= 0.3 is 17.9 Å². The maximum atomic E-state index is 14.0. The van der Waals surface area contributed by atoms with Crippen LogP contribution in [-0.4, -0.2) is 50.7 Å². The van der Waals surface area contributed by atoms with Crippen molar-refractivity contribution >= 4 is 29.5 Å². The molecule has 0 saturated carbocycles. The number of amides is 1. The highest BCUT2D eigenvalue weighted by molar-refractivity contribution is 6.23. The van der Waals surface area contributed by atoms with Crippen molar-refractivity contribution in [2.45, 2.75) is 26.2 Å². The normalized spacial score (nSPS) is 19.6. The van der Waals surface area contributed by atoms with E-state index in [0.717, 1.165) is 12.0 Å². The number of para-hydroxylation sites is 1. The molecule has 0 bridgehead atoms. The summed E-state index contributed by atoms with van der Waals surface area (Å²) in [5, 5.41) is 0. The number of hydrogen-bond acceptors (Lipinski definition) is 9. The van der Waals surface area contributed by atoms with Gasteiger partial charge in [-0.15, -0.1) is 0 Å². The largest absolute Gasteiger partial charge is 0.465 e. The minimum atomic E-state index is -2.02. The summed E-state index contributed by atoms with van der Waals surface area (Å²) in [5.74, 6) is -3.62. The van der Waals surface area contributed by atoms with Crippen molar-refractivity contribution in [2.24, 2.45) is 5.73 Å². The molecule has 170 valence electrons. The topological polar surface area (TPSA) is 134 Å². The molecule has 10 nitrogen and oxygen atoms in total. The lowest BCUT2D eigenvalue weighted by atomic mass is 9.67. The Kier molecular flexibility index (Phi) is 6.24. The van der Waals surface area contributed by atoms with Crippen molar-refractivity contribution < 1.29 is 38.1 Å². The van der Waals surface area contributed by atoms with Gasteiger partial charge in [-0.3, -0.25) is 14.5 Å². The summed E-state index contributed by atoms with van der Waals surface area (Å²) in [6.07, 6.45) is 0. The number of carbonyl (C=O) groups is 4. The molecule has 1 unspecified atom stereocenters. The quantitative estimate of drug-likeness (QED) is 0.504. The van der Waals surface area contributed by atoms with E-state index < -0.39 is 35.8 Å². The van der Waals surface area contributed by atoms with Crippen LogP contribution >= 0.6 is 0 Å². The van der Waals surface area contributed by atoms with Crippen LogP contribution in [0.5, 0.6) is 0 Å². The molecule has 0 saturated heterocycles. The third-order valence-corrected chi connectivity index (χ3v) is 5.24. The van der Waals surface area contributed by atoms with Crippen LogP contribution in [0.3, 0.4) is 0 Å². The van der Waals surface area contributed by atoms with Crippen molar-refractivity contribution in [3.05, 3.63) is 52.6 Å². The Morgan fingerprint density at radius 3 is 2.34 bits per heavy atom. The molecule has 1 amide bonds. The van der Waals surface area contributed by atoms with E-state index in [2.05, 4.69) is 0 Å².